The molecule has 2 aromatic rings. The van der Waals surface area contributed by atoms with Crippen LogP contribution in [0.2, 0.25) is 0 Å². The third-order valence-corrected chi connectivity index (χ3v) is 4.06. The molecule has 0 amide bonds. The Bertz CT molecular complexity index is 813. The van der Waals surface area contributed by atoms with Gasteiger partial charge in [-0.05, 0) is 43.6 Å². The lowest BCUT2D eigenvalue weighted by Crippen LogP contribution is -2.26. The molecule has 1 aliphatic rings. The van der Waals surface area contributed by atoms with Crippen molar-refractivity contribution in [3.8, 4) is 16.9 Å². The lowest BCUT2D eigenvalue weighted by Gasteiger charge is -2.27. The monoisotopic (exact) mass is 293 g/mol. The van der Waals surface area contributed by atoms with Crippen molar-refractivity contribution in [2.45, 2.75) is 26.9 Å². The van der Waals surface area contributed by atoms with Gasteiger partial charge in [0.05, 0.1) is 5.56 Å². The third kappa shape index (κ3) is 2.39. The summed E-state index contributed by atoms with van der Waals surface area (Å²) in [6.45, 7) is 6.04. The predicted molar refractivity (Wildman–Crippen MR) is 90.0 cm³/mol. The Morgan fingerprint density at radius 1 is 1.27 bits per heavy atom. The summed E-state index contributed by atoms with van der Waals surface area (Å²) in [6, 6.07) is 9.95. The molecule has 1 atom stereocenters. The van der Waals surface area contributed by atoms with Crippen LogP contribution in [0, 0.1) is 0 Å². The van der Waals surface area contributed by atoms with Crippen LogP contribution in [0.5, 0.6) is 5.75 Å². The van der Waals surface area contributed by atoms with Gasteiger partial charge in [-0.15, -0.1) is 0 Å². The Kier molecular flexibility index (Phi) is 3.72. The van der Waals surface area contributed by atoms with Gasteiger partial charge in [0, 0.05) is 11.8 Å². The number of aromatic amines is 1. The van der Waals surface area contributed by atoms with Crippen LogP contribution >= 0.6 is 0 Å². The van der Waals surface area contributed by atoms with Gasteiger partial charge in [-0.1, -0.05) is 36.4 Å². The van der Waals surface area contributed by atoms with Gasteiger partial charge in [0.15, 0.2) is 0 Å². The average molecular weight is 293 g/mol. The summed E-state index contributed by atoms with van der Waals surface area (Å²) in [5.41, 5.74) is 4.59. The number of aromatic nitrogens is 1. The first-order valence-corrected chi connectivity index (χ1v) is 7.40. The fourth-order valence-electron chi connectivity index (χ4n) is 2.74. The van der Waals surface area contributed by atoms with E-state index in [0.29, 0.717) is 11.3 Å². The minimum Gasteiger partial charge on any atom is -0.480 e. The van der Waals surface area contributed by atoms with E-state index in [9.17, 15) is 4.79 Å². The predicted octanol–water partition coefficient (Wildman–Crippen LogP) is 4.17. The Labute approximate surface area is 130 Å². The molecule has 1 aromatic carbocycles. The number of benzene rings is 1. The van der Waals surface area contributed by atoms with E-state index in [0.717, 1.165) is 22.3 Å². The standard InChI is InChI=1S/C19H19NO2/c1-4-12(2)17-13(3)10-15-18(22-17)16(11-20-19(15)21)14-8-6-5-7-9-14/h4-11,17H,1-3H3,(H,20,21)/b12-4+/t17-/m0/s1. The van der Waals surface area contributed by atoms with E-state index in [1.54, 1.807) is 6.20 Å². The molecule has 0 spiro atoms. The summed E-state index contributed by atoms with van der Waals surface area (Å²) in [4.78, 5) is 15.0. The van der Waals surface area contributed by atoms with Crippen molar-refractivity contribution in [3.63, 3.8) is 0 Å². The van der Waals surface area contributed by atoms with E-state index >= 15 is 0 Å². The van der Waals surface area contributed by atoms with Crippen molar-refractivity contribution in [2.24, 2.45) is 0 Å². The highest BCUT2D eigenvalue weighted by Gasteiger charge is 2.25. The molecule has 3 heteroatoms. The topological polar surface area (TPSA) is 42.1 Å². The highest BCUT2D eigenvalue weighted by atomic mass is 16.5. The van der Waals surface area contributed by atoms with E-state index in [1.165, 1.54) is 0 Å². The summed E-state index contributed by atoms with van der Waals surface area (Å²) in [6.07, 6.45) is 5.60. The first-order valence-electron chi connectivity index (χ1n) is 7.40. The molecule has 3 nitrogen and oxygen atoms in total. The summed E-state index contributed by atoms with van der Waals surface area (Å²) >= 11 is 0. The second-order valence-corrected chi connectivity index (χ2v) is 5.56. The van der Waals surface area contributed by atoms with Crippen molar-refractivity contribution in [1.82, 2.24) is 4.98 Å². The Balaban J connectivity index is 2.20. The number of hydrogen-bond acceptors (Lipinski definition) is 2. The molecule has 3 rings (SSSR count). The fourth-order valence-corrected chi connectivity index (χ4v) is 2.74. The molecule has 0 saturated carbocycles. The second kappa shape index (κ2) is 5.68. The lowest BCUT2D eigenvalue weighted by atomic mass is 9.96. The van der Waals surface area contributed by atoms with Gasteiger partial charge in [0.25, 0.3) is 5.56 Å². The highest BCUT2D eigenvalue weighted by molar-refractivity contribution is 5.77. The minimum atomic E-state index is -0.120. The van der Waals surface area contributed by atoms with Gasteiger partial charge in [-0.2, -0.15) is 0 Å². The summed E-state index contributed by atoms with van der Waals surface area (Å²) in [5, 5.41) is 0. The van der Waals surface area contributed by atoms with Gasteiger partial charge in [-0.25, -0.2) is 0 Å². The van der Waals surface area contributed by atoms with E-state index < -0.39 is 0 Å². The van der Waals surface area contributed by atoms with Gasteiger partial charge >= 0.3 is 0 Å². The molecule has 1 N–H and O–H groups in total. The molecule has 112 valence electrons. The molecule has 1 aromatic heterocycles. The number of ether oxygens (including phenoxy) is 1. The zero-order chi connectivity index (χ0) is 15.7. The molecule has 2 heterocycles. The number of H-pyrrole nitrogens is 1. The summed E-state index contributed by atoms with van der Waals surface area (Å²) < 4.78 is 6.21. The molecule has 1 aliphatic heterocycles. The van der Waals surface area contributed by atoms with Crippen molar-refractivity contribution in [1.29, 1.82) is 0 Å². The van der Waals surface area contributed by atoms with E-state index in [-0.39, 0.29) is 11.7 Å². The largest absolute Gasteiger partial charge is 0.480 e. The maximum Gasteiger partial charge on any atom is 0.259 e. The van der Waals surface area contributed by atoms with E-state index in [2.05, 4.69) is 4.98 Å². The molecule has 22 heavy (non-hydrogen) atoms. The first kappa shape index (κ1) is 14.4. The van der Waals surface area contributed by atoms with Gasteiger partial charge in [-0.3, -0.25) is 4.79 Å². The summed E-state index contributed by atoms with van der Waals surface area (Å²) in [7, 11) is 0. The maximum atomic E-state index is 12.1. The molecule has 0 fully saturated rings. The molecular weight excluding hydrogens is 274 g/mol. The van der Waals surface area contributed by atoms with Crippen LogP contribution < -0.4 is 10.3 Å². The number of allylic oxidation sites excluding steroid dienone is 1. The number of pyridine rings is 1. The Morgan fingerprint density at radius 3 is 2.68 bits per heavy atom. The number of nitrogens with one attached hydrogen (secondary N) is 1. The van der Waals surface area contributed by atoms with E-state index in [4.69, 9.17) is 4.74 Å². The SMILES string of the molecule is C/C=C(\C)[C@@H]1Oc2c(-c3ccccc3)c[nH]c(=O)c2C=C1C. The Morgan fingerprint density at radius 2 is 2.00 bits per heavy atom. The average Bonchev–Trinajstić information content (AvgIpc) is 2.55. The third-order valence-electron chi connectivity index (χ3n) is 4.06. The fraction of sp³-hybridized carbons (Fsp3) is 0.211. The zero-order valence-electron chi connectivity index (χ0n) is 13.0. The smallest absolute Gasteiger partial charge is 0.259 e. The molecular formula is C19H19NO2. The lowest BCUT2D eigenvalue weighted by molar-refractivity contribution is 0.268. The van der Waals surface area contributed by atoms with Crippen molar-refractivity contribution >= 4 is 6.08 Å². The number of hydrogen-bond donors (Lipinski definition) is 1. The van der Waals surface area contributed by atoms with Crippen LogP contribution in [0.25, 0.3) is 17.2 Å². The summed E-state index contributed by atoms with van der Waals surface area (Å²) in [5.74, 6) is 0.659. The van der Waals surface area contributed by atoms with Crippen LogP contribution in [0.15, 0.2) is 58.5 Å². The van der Waals surface area contributed by atoms with Gasteiger partial charge < -0.3 is 9.72 Å². The van der Waals surface area contributed by atoms with Crippen molar-refractivity contribution in [2.75, 3.05) is 0 Å². The molecule has 0 saturated heterocycles. The van der Waals surface area contributed by atoms with Crippen LogP contribution in [0.3, 0.4) is 0 Å². The molecule has 0 aliphatic carbocycles. The van der Waals surface area contributed by atoms with Crippen LogP contribution in [0.4, 0.5) is 0 Å². The van der Waals surface area contributed by atoms with Crippen LogP contribution in [-0.4, -0.2) is 11.1 Å². The molecule has 0 bridgehead atoms. The first-order chi connectivity index (χ1) is 10.6. The van der Waals surface area contributed by atoms with Crippen molar-refractivity contribution in [3.05, 3.63) is 69.7 Å². The maximum absolute atomic E-state index is 12.1. The van der Waals surface area contributed by atoms with Gasteiger partial charge in [0.2, 0.25) is 0 Å². The molecule has 0 unspecified atom stereocenters. The highest BCUT2D eigenvalue weighted by Crippen LogP contribution is 2.37. The van der Waals surface area contributed by atoms with Gasteiger partial charge in [0.1, 0.15) is 11.9 Å². The quantitative estimate of drug-likeness (QED) is 0.844. The second-order valence-electron chi connectivity index (χ2n) is 5.56. The van der Waals surface area contributed by atoms with Crippen LogP contribution in [-0.2, 0) is 0 Å². The van der Waals surface area contributed by atoms with Crippen molar-refractivity contribution < 1.29 is 4.74 Å². The van der Waals surface area contributed by atoms with Crippen LogP contribution in [0.1, 0.15) is 26.3 Å². The number of fused-ring (bicyclic) bond motifs is 1. The minimum absolute atomic E-state index is 0.109. The molecule has 0 radical (unpaired) electrons. The Hall–Kier alpha value is -2.55. The number of rotatable bonds is 2. The zero-order valence-corrected chi connectivity index (χ0v) is 13.0. The van der Waals surface area contributed by atoms with E-state index in [1.807, 2.05) is 63.3 Å². The normalized spacial score (nSPS) is 17.5.